The molecular weight excluding hydrogens is 372 g/mol. The molecule has 6 nitrogen and oxygen atoms in total. The first-order chi connectivity index (χ1) is 14.1. The van der Waals surface area contributed by atoms with Crippen LogP contribution in [0.5, 0.6) is 23.0 Å². The summed E-state index contributed by atoms with van der Waals surface area (Å²) in [6.07, 6.45) is 4.93. The second-order valence-corrected chi connectivity index (χ2v) is 6.63. The van der Waals surface area contributed by atoms with Crippen molar-refractivity contribution in [3.63, 3.8) is 0 Å². The van der Waals surface area contributed by atoms with Gasteiger partial charge in [-0.25, -0.2) is 4.79 Å². The number of carbonyl (C=O) groups excluding carboxylic acids is 1. The molecule has 0 aliphatic heterocycles. The van der Waals surface area contributed by atoms with Crippen LogP contribution in [0.2, 0.25) is 0 Å². The van der Waals surface area contributed by atoms with Crippen molar-refractivity contribution in [1.82, 2.24) is 0 Å². The van der Waals surface area contributed by atoms with Crippen molar-refractivity contribution < 1.29 is 28.8 Å². The quantitative estimate of drug-likeness (QED) is 0.322. The SMILES string of the molecule is CCCCCCOc1c(OC)cc(C(=O)Oc2ccc(CCO)cc2)cc1OC. The maximum absolute atomic E-state index is 12.6. The van der Waals surface area contributed by atoms with Crippen LogP contribution in [-0.4, -0.2) is 38.5 Å². The van der Waals surface area contributed by atoms with Gasteiger partial charge in [-0.15, -0.1) is 0 Å². The Balaban J connectivity index is 2.12. The van der Waals surface area contributed by atoms with E-state index in [0.29, 0.717) is 41.6 Å². The van der Waals surface area contributed by atoms with E-state index < -0.39 is 5.97 Å². The Morgan fingerprint density at radius 1 is 0.966 bits per heavy atom. The number of carbonyl (C=O) groups is 1. The van der Waals surface area contributed by atoms with E-state index in [4.69, 9.17) is 24.1 Å². The smallest absolute Gasteiger partial charge is 0.343 e. The highest BCUT2D eigenvalue weighted by Gasteiger charge is 2.19. The van der Waals surface area contributed by atoms with E-state index in [0.717, 1.165) is 24.8 Å². The highest BCUT2D eigenvalue weighted by Crippen LogP contribution is 2.39. The van der Waals surface area contributed by atoms with E-state index in [-0.39, 0.29) is 6.61 Å². The molecule has 0 bridgehead atoms. The number of hydrogen-bond donors (Lipinski definition) is 1. The third-order valence-corrected chi connectivity index (χ3v) is 4.47. The predicted octanol–water partition coefficient (Wildman–Crippen LogP) is 4.42. The van der Waals surface area contributed by atoms with Gasteiger partial charge >= 0.3 is 5.97 Å². The number of methoxy groups -OCH3 is 2. The molecule has 0 amide bonds. The third-order valence-electron chi connectivity index (χ3n) is 4.47. The lowest BCUT2D eigenvalue weighted by atomic mass is 10.1. The highest BCUT2D eigenvalue weighted by molar-refractivity contribution is 5.92. The molecule has 0 aliphatic carbocycles. The average molecular weight is 402 g/mol. The molecule has 1 N–H and O–H groups in total. The molecule has 2 rings (SSSR count). The lowest BCUT2D eigenvalue weighted by molar-refractivity contribution is 0.0733. The Hall–Kier alpha value is -2.73. The number of rotatable bonds is 12. The molecule has 0 aromatic heterocycles. The van der Waals surface area contributed by atoms with E-state index in [1.54, 1.807) is 24.3 Å². The van der Waals surface area contributed by atoms with Gasteiger partial charge in [0.2, 0.25) is 5.75 Å². The Labute approximate surface area is 172 Å². The van der Waals surface area contributed by atoms with Crippen molar-refractivity contribution in [2.45, 2.75) is 39.0 Å². The molecule has 0 heterocycles. The van der Waals surface area contributed by atoms with Crippen LogP contribution < -0.4 is 18.9 Å². The molecule has 0 aliphatic rings. The van der Waals surface area contributed by atoms with Gasteiger partial charge in [0, 0.05) is 6.61 Å². The standard InChI is InChI=1S/C23H30O6/c1-4-5-6-7-14-28-22-20(26-2)15-18(16-21(22)27-3)23(25)29-19-10-8-17(9-11-19)12-13-24/h8-11,15-16,24H,4-7,12-14H2,1-3H3. The summed E-state index contributed by atoms with van der Waals surface area (Å²) < 4.78 is 22.1. The molecule has 0 atom stereocenters. The van der Waals surface area contributed by atoms with Crippen molar-refractivity contribution in [2.75, 3.05) is 27.4 Å². The van der Waals surface area contributed by atoms with Gasteiger partial charge in [-0.1, -0.05) is 38.3 Å². The summed E-state index contributed by atoms with van der Waals surface area (Å²) in [7, 11) is 3.04. The summed E-state index contributed by atoms with van der Waals surface area (Å²) in [5.74, 6) is 1.23. The van der Waals surface area contributed by atoms with Gasteiger partial charge in [0.15, 0.2) is 11.5 Å². The van der Waals surface area contributed by atoms with Crippen LogP contribution in [0.1, 0.15) is 48.5 Å². The van der Waals surface area contributed by atoms with Gasteiger partial charge in [-0.3, -0.25) is 0 Å². The minimum absolute atomic E-state index is 0.0751. The Morgan fingerprint density at radius 3 is 2.17 bits per heavy atom. The largest absolute Gasteiger partial charge is 0.493 e. The molecule has 158 valence electrons. The van der Waals surface area contributed by atoms with Gasteiger partial charge in [0.1, 0.15) is 5.75 Å². The number of ether oxygens (including phenoxy) is 4. The van der Waals surface area contributed by atoms with Gasteiger partial charge in [-0.05, 0) is 42.7 Å². The lowest BCUT2D eigenvalue weighted by Crippen LogP contribution is -2.10. The first-order valence-corrected chi connectivity index (χ1v) is 9.93. The summed E-state index contributed by atoms with van der Waals surface area (Å²) in [4.78, 5) is 12.6. The zero-order valence-corrected chi connectivity index (χ0v) is 17.4. The highest BCUT2D eigenvalue weighted by atomic mass is 16.5. The minimum atomic E-state index is -0.522. The van der Waals surface area contributed by atoms with Crippen molar-refractivity contribution in [2.24, 2.45) is 0 Å². The van der Waals surface area contributed by atoms with Crippen molar-refractivity contribution in [3.8, 4) is 23.0 Å². The lowest BCUT2D eigenvalue weighted by Gasteiger charge is -2.16. The van der Waals surface area contributed by atoms with Gasteiger partial charge < -0.3 is 24.1 Å². The summed E-state index contributed by atoms with van der Waals surface area (Å²) >= 11 is 0. The zero-order chi connectivity index (χ0) is 21.1. The normalized spacial score (nSPS) is 10.5. The maximum Gasteiger partial charge on any atom is 0.343 e. The molecule has 0 radical (unpaired) electrons. The Bertz CT molecular complexity index is 744. The monoisotopic (exact) mass is 402 g/mol. The Morgan fingerprint density at radius 2 is 1.62 bits per heavy atom. The van der Waals surface area contributed by atoms with Crippen LogP contribution in [0.4, 0.5) is 0 Å². The molecule has 0 spiro atoms. The fourth-order valence-electron chi connectivity index (χ4n) is 2.86. The molecule has 0 unspecified atom stereocenters. The number of esters is 1. The summed E-state index contributed by atoms with van der Waals surface area (Å²) in [5, 5.41) is 8.98. The van der Waals surface area contributed by atoms with Crippen LogP contribution >= 0.6 is 0 Å². The topological polar surface area (TPSA) is 74.2 Å². The molecule has 6 heteroatoms. The molecule has 2 aromatic rings. The first-order valence-electron chi connectivity index (χ1n) is 9.93. The number of aliphatic hydroxyl groups is 1. The fraction of sp³-hybridized carbons (Fsp3) is 0.435. The van der Waals surface area contributed by atoms with Crippen molar-refractivity contribution in [3.05, 3.63) is 47.5 Å². The van der Waals surface area contributed by atoms with Gasteiger partial charge in [0.25, 0.3) is 0 Å². The number of unbranched alkanes of at least 4 members (excludes halogenated alkanes) is 3. The van der Waals surface area contributed by atoms with E-state index in [2.05, 4.69) is 6.92 Å². The molecule has 0 saturated heterocycles. The summed E-state index contributed by atoms with van der Waals surface area (Å²) in [5.41, 5.74) is 1.27. The van der Waals surface area contributed by atoms with E-state index >= 15 is 0 Å². The van der Waals surface area contributed by atoms with Crippen LogP contribution in [0.3, 0.4) is 0 Å². The molecule has 29 heavy (non-hydrogen) atoms. The van der Waals surface area contributed by atoms with E-state index in [9.17, 15) is 4.79 Å². The van der Waals surface area contributed by atoms with E-state index in [1.165, 1.54) is 20.6 Å². The molecule has 2 aromatic carbocycles. The van der Waals surface area contributed by atoms with E-state index in [1.807, 2.05) is 12.1 Å². The third kappa shape index (κ3) is 6.68. The molecule has 0 fully saturated rings. The second kappa shape index (κ2) is 12.0. The summed E-state index contributed by atoms with van der Waals surface area (Å²) in [6.45, 7) is 2.79. The number of aliphatic hydroxyl groups excluding tert-OH is 1. The first kappa shape index (κ1) is 22.6. The average Bonchev–Trinajstić information content (AvgIpc) is 2.74. The van der Waals surface area contributed by atoms with Crippen LogP contribution in [0, 0.1) is 0 Å². The van der Waals surface area contributed by atoms with Gasteiger partial charge in [-0.2, -0.15) is 0 Å². The van der Waals surface area contributed by atoms with Crippen molar-refractivity contribution in [1.29, 1.82) is 0 Å². The predicted molar refractivity (Wildman–Crippen MR) is 111 cm³/mol. The van der Waals surface area contributed by atoms with Crippen LogP contribution in [-0.2, 0) is 6.42 Å². The van der Waals surface area contributed by atoms with Gasteiger partial charge in [0.05, 0.1) is 26.4 Å². The fourth-order valence-corrected chi connectivity index (χ4v) is 2.86. The van der Waals surface area contributed by atoms with Crippen LogP contribution in [0.15, 0.2) is 36.4 Å². The van der Waals surface area contributed by atoms with Crippen molar-refractivity contribution >= 4 is 5.97 Å². The maximum atomic E-state index is 12.6. The zero-order valence-electron chi connectivity index (χ0n) is 17.4. The molecule has 0 saturated carbocycles. The number of benzene rings is 2. The summed E-state index contributed by atoms with van der Waals surface area (Å²) in [6, 6.07) is 10.2. The second-order valence-electron chi connectivity index (χ2n) is 6.63. The minimum Gasteiger partial charge on any atom is -0.493 e. The molecular formula is C23H30O6. The van der Waals surface area contributed by atoms with Crippen LogP contribution in [0.25, 0.3) is 0 Å². The number of hydrogen-bond acceptors (Lipinski definition) is 6. The Kier molecular flexibility index (Phi) is 9.31.